The summed E-state index contributed by atoms with van der Waals surface area (Å²) in [7, 11) is 0. The van der Waals surface area contributed by atoms with E-state index in [2.05, 4.69) is 15.3 Å². The minimum absolute atomic E-state index is 0.0306. The van der Waals surface area contributed by atoms with Gasteiger partial charge in [0.1, 0.15) is 17.0 Å². The average molecular weight is 423 g/mol. The lowest BCUT2D eigenvalue weighted by Crippen LogP contribution is -2.23. The Kier molecular flexibility index (Phi) is 5.29. The number of carbonyl (C=O) groups excluding carboxylic acids is 1. The summed E-state index contributed by atoms with van der Waals surface area (Å²) in [5, 5.41) is 2.75. The minimum Gasteiger partial charge on any atom is -0.319 e. The zero-order valence-corrected chi connectivity index (χ0v) is 16.7. The number of aryl methyl sites for hydroxylation is 1. The number of nitrogens with one attached hydrogen (secondary N) is 1. The van der Waals surface area contributed by atoms with E-state index in [0.717, 1.165) is 6.07 Å². The van der Waals surface area contributed by atoms with Gasteiger partial charge in [-0.3, -0.25) is 14.2 Å². The lowest BCUT2D eigenvalue weighted by molar-refractivity contribution is 0.102. The summed E-state index contributed by atoms with van der Waals surface area (Å²) in [4.78, 5) is 34.0. The molecule has 0 aliphatic rings. The quantitative estimate of drug-likeness (QED) is 0.524. The number of nitrogens with zero attached hydrogens (tertiary/aromatic N) is 3. The Balaban J connectivity index is 1.66. The fourth-order valence-corrected chi connectivity index (χ4v) is 3.28. The molecule has 30 heavy (non-hydrogen) atoms. The van der Waals surface area contributed by atoms with Crippen LogP contribution in [0.1, 0.15) is 17.3 Å². The third kappa shape index (κ3) is 3.67. The molecule has 0 saturated heterocycles. The van der Waals surface area contributed by atoms with Gasteiger partial charge in [-0.25, -0.2) is 14.4 Å². The van der Waals surface area contributed by atoms with Crippen molar-refractivity contribution in [1.29, 1.82) is 0 Å². The van der Waals surface area contributed by atoms with Gasteiger partial charge in [-0.1, -0.05) is 23.7 Å². The Morgan fingerprint density at radius 1 is 1.17 bits per heavy atom. The summed E-state index contributed by atoms with van der Waals surface area (Å²) in [5.74, 6) is -1.11. The lowest BCUT2D eigenvalue weighted by Gasteiger charge is -2.10. The molecule has 4 aromatic rings. The maximum Gasteiger partial charge on any atom is 0.278 e. The maximum absolute atomic E-state index is 13.9. The molecule has 0 fully saturated rings. The summed E-state index contributed by atoms with van der Waals surface area (Å²) < 4.78 is 15.5. The van der Waals surface area contributed by atoms with E-state index in [1.807, 2.05) is 6.92 Å². The van der Waals surface area contributed by atoms with E-state index in [1.165, 1.54) is 12.1 Å². The topological polar surface area (TPSA) is 76.9 Å². The van der Waals surface area contributed by atoms with Gasteiger partial charge in [0.05, 0.1) is 5.69 Å². The van der Waals surface area contributed by atoms with Crippen LogP contribution in [0.25, 0.3) is 22.4 Å². The monoisotopic (exact) mass is 422 g/mol. The van der Waals surface area contributed by atoms with E-state index >= 15 is 0 Å². The van der Waals surface area contributed by atoms with Crippen molar-refractivity contribution >= 4 is 34.4 Å². The van der Waals surface area contributed by atoms with E-state index in [0.29, 0.717) is 28.8 Å². The zero-order chi connectivity index (χ0) is 21.3. The fourth-order valence-electron chi connectivity index (χ4n) is 3.12. The molecule has 0 unspecified atom stereocenters. The molecule has 0 bridgehead atoms. The number of amides is 1. The molecule has 0 aliphatic heterocycles. The molecule has 0 spiro atoms. The molecule has 0 atom stereocenters. The normalized spacial score (nSPS) is 10.9. The Labute approximate surface area is 176 Å². The molecular weight excluding hydrogens is 407 g/mol. The van der Waals surface area contributed by atoms with Crippen molar-refractivity contribution < 1.29 is 9.18 Å². The van der Waals surface area contributed by atoms with Crippen molar-refractivity contribution in [3.05, 3.63) is 87.6 Å². The van der Waals surface area contributed by atoms with Gasteiger partial charge in [-0.05, 0) is 49.4 Å². The average Bonchev–Trinajstić information content (AvgIpc) is 2.75. The smallest absolute Gasteiger partial charge is 0.278 e. The number of rotatable bonds is 4. The van der Waals surface area contributed by atoms with Crippen LogP contribution in [0.15, 0.2) is 65.6 Å². The number of halogens is 2. The molecular formula is C22H16ClFN4O2. The number of hydrogen-bond donors (Lipinski definition) is 1. The zero-order valence-electron chi connectivity index (χ0n) is 15.9. The maximum atomic E-state index is 13.9. The number of benzene rings is 2. The molecule has 1 N–H and O–H groups in total. The molecule has 2 aromatic carbocycles. The molecule has 4 rings (SSSR count). The number of aromatic nitrogens is 3. The Bertz CT molecular complexity index is 1320. The van der Waals surface area contributed by atoms with Crippen LogP contribution in [-0.2, 0) is 6.54 Å². The highest BCUT2D eigenvalue weighted by atomic mass is 35.5. The predicted molar refractivity (Wildman–Crippen MR) is 114 cm³/mol. The SMILES string of the molecule is CCn1c(=O)c(-c2ccc(C(=O)Nc3ccc(Cl)cc3F)cc2)nc2cccnc21. The predicted octanol–water partition coefficient (Wildman–Crippen LogP) is 4.52. The largest absolute Gasteiger partial charge is 0.319 e. The molecule has 2 aromatic heterocycles. The van der Waals surface area contributed by atoms with Crippen molar-refractivity contribution in [3.8, 4) is 11.3 Å². The molecule has 0 saturated carbocycles. The van der Waals surface area contributed by atoms with Crippen molar-refractivity contribution in [3.63, 3.8) is 0 Å². The standard InChI is InChI=1S/C22H16ClFN4O2/c1-2-28-20-18(4-3-11-25-20)26-19(22(28)30)13-5-7-14(8-6-13)21(29)27-17-10-9-15(23)12-16(17)24/h3-12H,2H2,1H3,(H,27,29). The first-order valence-electron chi connectivity index (χ1n) is 9.20. The van der Waals surface area contributed by atoms with E-state index in [9.17, 15) is 14.0 Å². The van der Waals surface area contributed by atoms with Gasteiger partial charge in [0.2, 0.25) is 0 Å². The van der Waals surface area contributed by atoms with Crippen molar-refractivity contribution in [2.45, 2.75) is 13.5 Å². The highest BCUT2D eigenvalue weighted by Gasteiger charge is 2.14. The first-order chi connectivity index (χ1) is 14.5. The van der Waals surface area contributed by atoms with Crippen LogP contribution < -0.4 is 10.9 Å². The summed E-state index contributed by atoms with van der Waals surface area (Å²) in [6, 6.07) is 13.9. The molecule has 6 nitrogen and oxygen atoms in total. The molecule has 8 heteroatoms. The summed E-state index contributed by atoms with van der Waals surface area (Å²) in [5.41, 5.74) is 2.05. The highest BCUT2D eigenvalue weighted by molar-refractivity contribution is 6.30. The number of carbonyl (C=O) groups is 1. The fraction of sp³-hybridized carbons (Fsp3) is 0.0909. The lowest BCUT2D eigenvalue weighted by atomic mass is 10.1. The molecule has 1 amide bonds. The summed E-state index contributed by atoms with van der Waals surface area (Å²) >= 11 is 5.73. The van der Waals surface area contributed by atoms with Crippen molar-refractivity contribution in [2.75, 3.05) is 5.32 Å². The van der Waals surface area contributed by atoms with E-state index < -0.39 is 11.7 Å². The molecule has 150 valence electrons. The van der Waals surface area contributed by atoms with Gasteiger partial charge in [0.25, 0.3) is 11.5 Å². The number of pyridine rings is 1. The van der Waals surface area contributed by atoms with Gasteiger partial charge >= 0.3 is 0 Å². The number of anilines is 1. The van der Waals surface area contributed by atoms with Crippen molar-refractivity contribution in [1.82, 2.24) is 14.5 Å². The highest BCUT2D eigenvalue weighted by Crippen LogP contribution is 2.21. The van der Waals surface area contributed by atoms with E-state index in [4.69, 9.17) is 11.6 Å². The second kappa shape index (κ2) is 8.04. The molecule has 2 heterocycles. The number of fused-ring (bicyclic) bond motifs is 1. The summed E-state index contributed by atoms with van der Waals surface area (Å²) in [6.07, 6.45) is 1.62. The Morgan fingerprint density at radius 3 is 2.63 bits per heavy atom. The third-order valence-corrected chi connectivity index (χ3v) is 4.85. The number of hydrogen-bond acceptors (Lipinski definition) is 4. The van der Waals surface area contributed by atoms with Crippen LogP contribution in [0, 0.1) is 5.82 Å². The second-order valence-corrected chi connectivity index (χ2v) is 6.95. The van der Waals surface area contributed by atoms with E-state index in [1.54, 1.807) is 47.2 Å². The van der Waals surface area contributed by atoms with Gasteiger partial charge in [0.15, 0.2) is 5.65 Å². The van der Waals surface area contributed by atoms with Gasteiger partial charge in [0, 0.05) is 28.9 Å². The van der Waals surface area contributed by atoms with Crippen LogP contribution >= 0.6 is 11.6 Å². The first kappa shape index (κ1) is 19.7. The van der Waals surface area contributed by atoms with Crippen LogP contribution in [0.4, 0.5) is 10.1 Å². The Hall–Kier alpha value is -3.58. The van der Waals surface area contributed by atoms with Gasteiger partial charge in [-0.2, -0.15) is 0 Å². The Morgan fingerprint density at radius 2 is 1.93 bits per heavy atom. The first-order valence-corrected chi connectivity index (χ1v) is 9.58. The molecule has 0 radical (unpaired) electrons. The van der Waals surface area contributed by atoms with Gasteiger partial charge in [-0.15, -0.1) is 0 Å². The van der Waals surface area contributed by atoms with Crippen molar-refractivity contribution in [2.24, 2.45) is 0 Å². The van der Waals surface area contributed by atoms with Crippen LogP contribution in [-0.4, -0.2) is 20.4 Å². The summed E-state index contributed by atoms with van der Waals surface area (Å²) in [6.45, 7) is 2.32. The van der Waals surface area contributed by atoms with Crippen LogP contribution in [0.3, 0.4) is 0 Å². The minimum atomic E-state index is -0.624. The van der Waals surface area contributed by atoms with E-state index in [-0.39, 0.29) is 22.0 Å². The van der Waals surface area contributed by atoms with Gasteiger partial charge < -0.3 is 5.32 Å². The van der Waals surface area contributed by atoms with Crippen LogP contribution in [0.2, 0.25) is 5.02 Å². The third-order valence-electron chi connectivity index (χ3n) is 4.62. The second-order valence-electron chi connectivity index (χ2n) is 6.51. The molecule has 0 aliphatic carbocycles. The van der Waals surface area contributed by atoms with Crippen LogP contribution in [0.5, 0.6) is 0 Å².